The number of nitrogens with zero attached hydrogens (tertiary/aromatic N) is 1. The van der Waals surface area contributed by atoms with Crippen molar-refractivity contribution in [3.8, 4) is 0 Å². The smallest absolute Gasteiger partial charge is 0.408 e. The molecule has 1 unspecified atom stereocenters. The number of rotatable bonds is 1. The average molecular weight is 202 g/mol. The maximum atomic E-state index is 11.2. The summed E-state index contributed by atoms with van der Waals surface area (Å²) in [7, 11) is 0. The lowest BCUT2D eigenvalue weighted by molar-refractivity contribution is 0.0524. The molecule has 1 amide bonds. The summed E-state index contributed by atoms with van der Waals surface area (Å²) in [6.45, 7) is 6.14. The molecule has 0 bridgehead atoms. The third-order valence-corrected chi connectivity index (χ3v) is 2.11. The maximum Gasteiger partial charge on any atom is 0.408 e. The van der Waals surface area contributed by atoms with Crippen molar-refractivity contribution in [2.24, 2.45) is 4.99 Å². The first kappa shape index (κ1) is 10.4. The van der Waals surface area contributed by atoms with E-state index >= 15 is 0 Å². The molecule has 1 rings (SSSR count). The molecule has 13 heavy (non-hydrogen) atoms. The van der Waals surface area contributed by atoms with Crippen LogP contribution in [0, 0.1) is 0 Å². The Balaban J connectivity index is 2.25. The van der Waals surface area contributed by atoms with Crippen molar-refractivity contribution in [2.75, 3.05) is 6.54 Å². The van der Waals surface area contributed by atoms with Crippen molar-refractivity contribution in [1.29, 1.82) is 0 Å². The lowest BCUT2D eigenvalue weighted by Gasteiger charge is -2.21. The summed E-state index contributed by atoms with van der Waals surface area (Å²) in [5.41, 5.74) is 1.30. The van der Waals surface area contributed by atoms with Crippen molar-refractivity contribution in [3.05, 3.63) is 0 Å². The van der Waals surface area contributed by atoms with Crippen molar-refractivity contribution >= 4 is 23.4 Å². The van der Waals surface area contributed by atoms with E-state index in [1.807, 2.05) is 20.8 Å². The quantitative estimate of drug-likeness (QED) is 0.702. The summed E-state index contributed by atoms with van der Waals surface area (Å²) in [5.74, 6) is 0. The highest BCUT2D eigenvalue weighted by Crippen LogP contribution is 2.13. The monoisotopic (exact) mass is 202 g/mol. The summed E-state index contributed by atoms with van der Waals surface area (Å²) in [6.07, 6.45) is -0.379. The van der Waals surface area contributed by atoms with Gasteiger partial charge in [-0.15, -0.1) is 0 Å². The minimum absolute atomic E-state index is 0.0369. The standard InChI is InChI=1S/C8H14N2O2S/c1-8(2,3)12-7(11)10-6-4-9-5-13-6/h5-6H,4H2,1-3H3,(H,10,11). The largest absolute Gasteiger partial charge is 0.444 e. The number of nitrogens with one attached hydrogen (secondary N) is 1. The average Bonchev–Trinajstić information content (AvgIpc) is 2.34. The van der Waals surface area contributed by atoms with Gasteiger partial charge in [-0.2, -0.15) is 0 Å². The minimum Gasteiger partial charge on any atom is -0.444 e. The van der Waals surface area contributed by atoms with E-state index in [0.717, 1.165) is 0 Å². The van der Waals surface area contributed by atoms with Crippen molar-refractivity contribution in [2.45, 2.75) is 31.7 Å². The first-order chi connectivity index (χ1) is 5.97. The van der Waals surface area contributed by atoms with Gasteiger partial charge < -0.3 is 10.1 Å². The maximum absolute atomic E-state index is 11.2. The molecule has 0 aromatic rings. The predicted molar refractivity (Wildman–Crippen MR) is 54.1 cm³/mol. The Morgan fingerprint density at radius 2 is 2.38 bits per heavy atom. The van der Waals surface area contributed by atoms with Crippen molar-refractivity contribution in [3.63, 3.8) is 0 Å². The lowest BCUT2D eigenvalue weighted by atomic mass is 10.2. The third-order valence-electron chi connectivity index (χ3n) is 1.25. The number of ether oxygens (including phenoxy) is 1. The van der Waals surface area contributed by atoms with Crippen LogP contribution in [0.5, 0.6) is 0 Å². The Morgan fingerprint density at radius 1 is 1.69 bits per heavy atom. The van der Waals surface area contributed by atoms with Gasteiger partial charge in [0.25, 0.3) is 0 Å². The van der Waals surface area contributed by atoms with Gasteiger partial charge in [-0.1, -0.05) is 11.8 Å². The normalized spacial score (nSPS) is 21.6. The molecule has 1 N–H and O–H groups in total. The van der Waals surface area contributed by atoms with Gasteiger partial charge in [-0.25, -0.2) is 4.79 Å². The molecule has 5 heteroatoms. The molecule has 0 spiro atoms. The number of carbonyl (C=O) groups is 1. The second-order valence-electron chi connectivity index (χ2n) is 3.74. The van der Waals surface area contributed by atoms with Gasteiger partial charge in [0.15, 0.2) is 0 Å². The SMILES string of the molecule is CC(C)(C)OC(=O)NC1CN=CS1. The number of hydrogen-bond acceptors (Lipinski definition) is 4. The molecule has 1 aliphatic rings. The minimum atomic E-state index is -0.436. The Bertz CT molecular complexity index is 215. The van der Waals surface area contributed by atoms with E-state index in [-0.39, 0.29) is 11.5 Å². The second-order valence-corrected chi connectivity index (χ2v) is 4.79. The first-order valence-electron chi connectivity index (χ1n) is 4.11. The molecule has 0 saturated carbocycles. The molecular weight excluding hydrogens is 188 g/mol. The molecule has 0 radical (unpaired) electrons. The zero-order valence-corrected chi connectivity index (χ0v) is 8.85. The van der Waals surface area contributed by atoms with E-state index in [1.54, 1.807) is 5.55 Å². The number of amides is 1. The van der Waals surface area contributed by atoms with Crippen LogP contribution in [0.1, 0.15) is 20.8 Å². The Kier molecular flexibility index (Phi) is 3.19. The van der Waals surface area contributed by atoms with E-state index in [1.165, 1.54) is 11.8 Å². The van der Waals surface area contributed by atoms with E-state index in [0.29, 0.717) is 6.54 Å². The van der Waals surface area contributed by atoms with Crippen molar-refractivity contribution in [1.82, 2.24) is 5.32 Å². The topological polar surface area (TPSA) is 50.7 Å². The van der Waals surface area contributed by atoms with E-state index < -0.39 is 5.60 Å². The van der Waals surface area contributed by atoms with Gasteiger partial charge in [-0.3, -0.25) is 4.99 Å². The molecule has 1 aliphatic heterocycles. The van der Waals surface area contributed by atoms with E-state index in [9.17, 15) is 4.79 Å². The highest BCUT2D eigenvalue weighted by molar-refractivity contribution is 8.12. The Hall–Kier alpha value is -0.710. The Labute approximate surface area is 82.1 Å². The van der Waals surface area contributed by atoms with E-state index in [2.05, 4.69) is 10.3 Å². The molecule has 74 valence electrons. The Morgan fingerprint density at radius 3 is 2.85 bits per heavy atom. The molecule has 1 heterocycles. The molecule has 4 nitrogen and oxygen atoms in total. The zero-order valence-electron chi connectivity index (χ0n) is 8.03. The predicted octanol–water partition coefficient (Wildman–Crippen LogP) is 1.61. The highest BCUT2D eigenvalue weighted by atomic mass is 32.2. The van der Waals surface area contributed by atoms with Gasteiger partial charge in [0.1, 0.15) is 11.0 Å². The first-order valence-corrected chi connectivity index (χ1v) is 5.05. The van der Waals surface area contributed by atoms with Crippen LogP contribution < -0.4 is 5.32 Å². The second kappa shape index (κ2) is 4.00. The molecule has 0 aromatic carbocycles. The number of hydrogen-bond donors (Lipinski definition) is 1. The fourth-order valence-corrected chi connectivity index (χ4v) is 1.47. The van der Waals surface area contributed by atoms with Gasteiger partial charge >= 0.3 is 6.09 Å². The summed E-state index contributed by atoms with van der Waals surface area (Å²) in [5, 5.41) is 2.75. The van der Waals surface area contributed by atoms with E-state index in [4.69, 9.17) is 4.74 Å². The number of thioether (sulfide) groups is 1. The van der Waals surface area contributed by atoms with Gasteiger partial charge in [-0.05, 0) is 20.8 Å². The number of alkyl carbamates (subject to hydrolysis) is 1. The molecule has 0 saturated heterocycles. The van der Waals surface area contributed by atoms with Crippen LogP contribution in [0.15, 0.2) is 4.99 Å². The van der Waals surface area contributed by atoms with Crippen molar-refractivity contribution < 1.29 is 9.53 Å². The van der Waals surface area contributed by atoms with Crippen LogP contribution in [0.4, 0.5) is 4.79 Å². The van der Waals surface area contributed by atoms with Crippen LogP contribution in [0.3, 0.4) is 0 Å². The fourth-order valence-electron chi connectivity index (χ4n) is 0.817. The van der Waals surface area contributed by atoms with Crippen LogP contribution >= 0.6 is 11.8 Å². The third kappa shape index (κ3) is 4.17. The summed E-state index contributed by atoms with van der Waals surface area (Å²) in [4.78, 5) is 15.2. The van der Waals surface area contributed by atoms with Crippen LogP contribution in [0.25, 0.3) is 0 Å². The van der Waals surface area contributed by atoms with Gasteiger partial charge in [0.05, 0.1) is 12.1 Å². The number of carbonyl (C=O) groups excluding carboxylic acids is 1. The summed E-state index contributed by atoms with van der Waals surface area (Å²) < 4.78 is 5.08. The summed E-state index contributed by atoms with van der Waals surface area (Å²) >= 11 is 1.49. The molecule has 1 atom stereocenters. The zero-order chi connectivity index (χ0) is 9.90. The fraction of sp³-hybridized carbons (Fsp3) is 0.750. The van der Waals surface area contributed by atoms with Crippen LogP contribution in [-0.2, 0) is 4.74 Å². The van der Waals surface area contributed by atoms with Crippen LogP contribution in [-0.4, -0.2) is 29.2 Å². The van der Waals surface area contributed by atoms with Gasteiger partial charge in [0, 0.05) is 0 Å². The molecule has 0 aliphatic carbocycles. The lowest BCUT2D eigenvalue weighted by Crippen LogP contribution is -2.37. The molecule has 0 fully saturated rings. The molecule has 0 aromatic heterocycles. The molecular formula is C8H14N2O2S. The summed E-state index contributed by atoms with van der Waals surface area (Å²) in [6, 6.07) is 0. The van der Waals surface area contributed by atoms with Gasteiger partial charge in [0.2, 0.25) is 0 Å². The van der Waals surface area contributed by atoms with Crippen LogP contribution in [0.2, 0.25) is 0 Å². The number of aliphatic imine (C=N–C) groups is 1. The highest BCUT2D eigenvalue weighted by Gasteiger charge is 2.20.